The molecule has 0 saturated heterocycles. The number of anilines is 1. The predicted octanol–water partition coefficient (Wildman–Crippen LogP) is 2.21. The molecule has 0 unspecified atom stereocenters. The summed E-state index contributed by atoms with van der Waals surface area (Å²) in [4.78, 5) is 25.9. The molecule has 102 valence electrons. The lowest BCUT2D eigenvalue weighted by atomic mass is 10.2. The van der Waals surface area contributed by atoms with Crippen LogP contribution in [0, 0.1) is 4.91 Å². The van der Waals surface area contributed by atoms with Gasteiger partial charge in [0.15, 0.2) is 0 Å². The zero-order chi connectivity index (χ0) is 14.5. The number of hydrogen-bond acceptors (Lipinski definition) is 6. The lowest BCUT2D eigenvalue weighted by Crippen LogP contribution is -2.18. The highest BCUT2D eigenvalue weighted by Gasteiger charge is 2.08. The second kappa shape index (κ2) is 5.79. The maximum absolute atomic E-state index is 11.5. The second-order valence-electron chi connectivity index (χ2n) is 3.87. The molecule has 0 aliphatic heterocycles. The molecular weight excluding hydrogens is 260 g/mol. The molecule has 0 atom stereocenters. The minimum Gasteiger partial charge on any atom is -0.457 e. The van der Waals surface area contributed by atoms with E-state index in [1.165, 1.54) is 31.4 Å². The van der Waals surface area contributed by atoms with E-state index in [4.69, 9.17) is 10.5 Å². The summed E-state index contributed by atoms with van der Waals surface area (Å²) in [6.07, 6.45) is 1.45. The Balaban J connectivity index is 2.26. The average molecular weight is 272 g/mol. The van der Waals surface area contributed by atoms with E-state index in [1.54, 1.807) is 12.1 Å². The summed E-state index contributed by atoms with van der Waals surface area (Å²) < 4.78 is 5.54. The summed E-state index contributed by atoms with van der Waals surface area (Å²) in [5, 5.41) is 5.27. The Hall–Kier alpha value is -2.96. The molecular formula is C13H12N4O3. The van der Waals surface area contributed by atoms with E-state index >= 15 is 0 Å². The maximum Gasteiger partial charge on any atom is 0.269 e. The Kier molecular flexibility index (Phi) is 3.90. The molecule has 7 heteroatoms. The van der Waals surface area contributed by atoms with Gasteiger partial charge >= 0.3 is 0 Å². The van der Waals surface area contributed by atoms with Crippen LogP contribution >= 0.6 is 0 Å². The van der Waals surface area contributed by atoms with Gasteiger partial charge in [-0.25, -0.2) is 0 Å². The van der Waals surface area contributed by atoms with Crippen LogP contribution in [0.5, 0.6) is 11.5 Å². The Labute approximate surface area is 114 Å². The van der Waals surface area contributed by atoms with Crippen molar-refractivity contribution in [3.63, 3.8) is 0 Å². The lowest BCUT2D eigenvalue weighted by molar-refractivity contribution is 0.0958. The van der Waals surface area contributed by atoms with Gasteiger partial charge in [0.1, 0.15) is 22.9 Å². The van der Waals surface area contributed by atoms with Crippen LogP contribution in [-0.4, -0.2) is 17.9 Å². The largest absolute Gasteiger partial charge is 0.457 e. The lowest BCUT2D eigenvalue weighted by Gasteiger charge is -2.07. The highest BCUT2D eigenvalue weighted by molar-refractivity contribution is 5.92. The molecule has 1 amide bonds. The topological polar surface area (TPSA) is 107 Å². The molecule has 2 aromatic rings. The fraction of sp³-hybridized carbons (Fsp3) is 0.0769. The average Bonchev–Trinajstić information content (AvgIpc) is 2.48. The van der Waals surface area contributed by atoms with Crippen LogP contribution in [0.15, 0.2) is 41.7 Å². The highest BCUT2D eigenvalue weighted by atomic mass is 16.5. The van der Waals surface area contributed by atoms with Gasteiger partial charge in [-0.2, -0.15) is 0 Å². The standard InChI is InChI=1S/C13H12N4O3/c1-15-13(18)12-7-9(4-5-16-12)20-8-2-3-10(14)11(6-8)17-19/h2-7H,14H2,1H3,(H,15,18). The van der Waals surface area contributed by atoms with Crippen molar-refractivity contribution in [1.29, 1.82) is 0 Å². The zero-order valence-corrected chi connectivity index (χ0v) is 10.7. The summed E-state index contributed by atoms with van der Waals surface area (Å²) in [5.41, 5.74) is 6.17. The SMILES string of the molecule is CNC(=O)c1cc(Oc2ccc(N)c(N=O)c2)ccn1. The first-order valence-corrected chi connectivity index (χ1v) is 5.73. The summed E-state index contributed by atoms with van der Waals surface area (Å²) in [7, 11) is 1.51. The number of nitrogens with zero attached hydrogens (tertiary/aromatic N) is 2. The summed E-state index contributed by atoms with van der Waals surface area (Å²) in [6.45, 7) is 0. The van der Waals surface area contributed by atoms with Gasteiger partial charge in [-0.1, -0.05) is 0 Å². The molecule has 3 N–H and O–H groups in total. The van der Waals surface area contributed by atoms with Crippen LogP contribution in [0.4, 0.5) is 11.4 Å². The molecule has 20 heavy (non-hydrogen) atoms. The van der Waals surface area contributed by atoms with Crippen LogP contribution in [0.3, 0.4) is 0 Å². The first-order valence-electron chi connectivity index (χ1n) is 5.73. The van der Waals surface area contributed by atoms with Crippen molar-refractivity contribution in [2.45, 2.75) is 0 Å². The Morgan fingerprint density at radius 2 is 2.05 bits per heavy atom. The third-order valence-electron chi connectivity index (χ3n) is 2.53. The fourth-order valence-electron chi connectivity index (χ4n) is 1.53. The van der Waals surface area contributed by atoms with Crippen molar-refractivity contribution in [1.82, 2.24) is 10.3 Å². The fourth-order valence-corrected chi connectivity index (χ4v) is 1.53. The zero-order valence-electron chi connectivity index (χ0n) is 10.7. The van der Waals surface area contributed by atoms with Crippen LogP contribution in [0.1, 0.15) is 10.5 Å². The number of nitrogens with two attached hydrogens (primary N) is 1. The normalized spacial score (nSPS) is 9.85. The summed E-state index contributed by atoms with van der Waals surface area (Å²) in [5.74, 6) is 0.492. The van der Waals surface area contributed by atoms with Crippen LogP contribution in [0.2, 0.25) is 0 Å². The van der Waals surface area contributed by atoms with E-state index in [9.17, 15) is 9.70 Å². The number of benzene rings is 1. The number of pyridine rings is 1. The Bertz CT molecular complexity index is 658. The van der Waals surface area contributed by atoms with Gasteiger partial charge in [-0.15, -0.1) is 4.91 Å². The molecule has 0 fully saturated rings. The van der Waals surface area contributed by atoms with E-state index in [0.29, 0.717) is 11.5 Å². The number of carbonyl (C=O) groups excluding carboxylic acids is 1. The van der Waals surface area contributed by atoms with E-state index in [2.05, 4.69) is 15.5 Å². The minimum absolute atomic E-state index is 0.100. The molecule has 0 bridgehead atoms. The van der Waals surface area contributed by atoms with Gasteiger partial charge in [0.25, 0.3) is 5.91 Å². The summed E-state index contributed by atoms with van der Waals surface area (Å²) >= 11 is 0. The smallest absolute Gasteiger partial charge is 0.269 e. The number of rotatable bonds is 4. The number of nitrogen functional groups attached to an aromatic ring is 1. The van der Waals surface area contributed by atoms with E-state index in [1.807, 2.05) is 0 Å². The molecule has 0 radical (unpaired) electrons. The number of aromatic nitrogens is 1. The van der Waals surface area contributed by atoms with Crippen LogP contribution in [0.25, 0.3) is 0 Å². The van der Waals surface area contributed by atoms with Crippen molar-refractivity contribution in [3.8, 4) is 11.5 Å². The van der Waals surface area contributed by atoms with Crippen molar-refractivity contribution in [2.24, 2.45) is 5.18 Å². The molecule has 0 aliphatic rings. The molecule has 1 heterocycles. The third kappa shape index (κ3) is 2.89. The number of nitrogens with one attached hydrogen (secondary N) is 1. The molecule has 1 aromatic carbocycles. The maximum atomic E-state index is 11.5. The van der Waals surface area contributed by atoms with Crippen molar-refractivity contribution < 1.29 is 9.53 Å². The Morgan fingerprint density at radius 1 is 1.30 bits per heavy atom. The van der Waals surface area contributed by atoms with Gasteiger partial charge < -0.3 is 15.8 Å². The molecule has 1 aromatic heterocycles. The van der Waals surface area contributed by atoms with E-state index in [-0.39, 0.29) is 23.0 Å². The van der Waals surface area contributed by atoms with Gasteiger partial charge in [0, 0.05) is 25.4 Å². The molecule has 0 saturated carbocycles. The van der Waals surface area contributed by atoms with Crippen LogP contribution < -0.4 is 15.8 Å². The van der Waals surface area contributed by atoms with Gasteiger partial charge in [-0.3, -0.25) is 9.78 Å². The Morgan fingerprint density at radius 3 is 2.75 bits per heavy atom. The van der Waals surface area contributed by atoms with E-state index in [0.717, 1.165) is 0 Å². The monoisotopic (exact) mass is 272 g/mol. The summed E-state index contributed by atoms with van der Waals surface area (Å²) in [6, 6.07) is 7.62. The molecule has 7 nitrogen and oxygen atoms in total. The first-order chi connectivity index (χ1) is 9.63. The number of ether oxygens (including phenoxy) is 1. The highest BCUT2D eigenvalue weighted by Crippen LogP contribution is 2.30. The number of hydrogen-bond donors (Lipinski definition) is 2. The first kappa shape index (κ1) is 13.5. The van der Waals surface area contributed by atoms with Gasteiger partial charge in [0.2, 0.25) is 0 Å². The number of carbonyl (C=O) groups is 1. The quantitative estimate of drug-likeness (QED) is 0.655. The van der Waals surface area contributed by atoms with Gasteiger partial charge in [0.05, 0.1) is 5.69 Å². The van der Waals surface area contributed by atoms with Crippen molar-refractivity contribution in [2.75, 3.05) is 12.8 Å². The second-order valence-corrected chi connectivity index (χ2v) is 3.87. The molecule has 2 rings (SSSR count). The predicted molar refractivity (Wildman–Crippen MR) is 74.0 cm³/mol. The number of nitroso groups, excluding NO2 is 1. The van der Waals surface area contributed by atoms with Crippen molar-refractivity contribution in [3.05, 3.63) is 47.1 Å². The molecule has 0 aliphatic carbocycles. The van der Waals surface area contributed by atoms with Crippen molar-refractivity contribution >= 4 is 17.3 Å². The third-order valence-corrected chi connectivity index (χ3v) is 2.53. The minimum atomic E-state index is -0.317. The van der Waals surface area contributed by atoms with E-state index < -0.39 is 0 Å². The van der Waals surface area contributed by atoms with Gasteiger partial charge in [-0.05, 0) is 23.4 Å². The molecule has 0 spiro atoms. The van der Waals surface area contributed by atoms with Crippen LogP contribution in [-0.2, 0) is 0 Å². The number of amides is 1.